The molecule has 0 aliphatic carbocycles. The van der Waals surface area contributed by atoms with Crippen molar-refractivity contribution in [1.82, 2.24) is 0 Å². The molecule has 96 valence electrons. The van der Waals surface area contributed by atoms with Gasteiger partial charge in [0.15, 0.2) is 0 Å². The minimum Gasteiger partial charge on any atom is -0.493 e. The molecule has 1 nitrogen and oxygen atoms in total. The van der Waals surface area contributed by atoms with Gasteiger partial charge in [0.2, 0.25) is 0 Å². The molecule has 17 heavy (non-hydrogen) atoms. The smallest absolute Gasteiger partial charge is 0.123 e. The van der Waals surface area contributed by atoms with Gasteiger partial charge in [0.1, 0.15) is 5.75 Å². The number of rotatable bonds is 9. The van der Waals surface area contributed by atoms with Crippen molar-refractivity contribution in [1.29, 1.82) is 0 Å². The van der Waals surface area contributed by atoms with Crippen molar-refractivity contribution in [2.75, 3.05) is 6.61 Å². The summed E-state index contributed by atoms with van der Waals surface area (Å²) < 4.78 is 5.75. The van der Waals surface area contributed by atoms with Crippen LogP contribution in [0.3, 0.4) is 0 Å². The summed E-state index contributed by atoms with van der Waals surface area (Å²) in [5.41, 5.74) is 1.08. The Labute approximate surface area is 110 Å². The van der Waals surface area contributed by atoms with E-state index in [9.17, 15) is 0 Å². The second kappa shape index (κ2) is 9.35. The van der Waals surface area contributed by atoms with E-state index in [0.717, 1.165) is 24.3 Å². The van der Waals surface area contributed by atoms with E-state index in [1.807, 2.05) is 24.3 Å². The fourth-order valence-electron chi connectivity index (χ4n) is 1.82. The lowest BCUT2D eigenvalue weighted by Crippen LogP contribution is -1.99. The predicted octanol–water partition coefficient (Wildman–Crippen LogP) is 5.16. The van der Waals surface area contributed by atoms with Crippen LogP contribution in [0, 0.1) is 0 Å². The van der Waals surface area contributed by atoms with E-state index in [1.54, 1.807) is 0 Å². The lowest BCUT2D eigenvalue weighted by Gasteiger charge is -2.09. The molecule has 0 saturated carbocycles. The Morgan fingerprint density at radius 2 is 1.71 bits per heavy atom. The van der Waals surface area contributed by atoms with Crippen molar-refractivity contribution in [3.63, 3.8) is 0 Å². The first-order valence-corrected chi connectivity index (χ1v) is 7.18. The maximum Gasteiger partial charge on any atom is 0.123 e. The van der Waals surface area contributed by atoms with E-state index in [1.165, 1.54) is 32.1 Å². The number of hydrogen-bond acceptors (Lipinski definition) is 1. The molecule has 1 aromatic carbocycles. The molecule has 0 unspecified atom stereocenters. The molecule has 2 heteroatoms. The largest absolute Gasteiger partial charge is 0.493 e. The molecule has 0 saturated heterocycles. The lowest BCUT2D eigenvalue weighted by molar-refractivity contribution is 0.302. The van der Waals surface area contributed by atoms with Gasteiger partial charge in [-0.3, -0.25) is 0 Å². The fourth-order valence-corrected chi connectivity index (χ4v) is 2.04. The Kier molecular flexibility index (Phi) is 7.91. The Bertz CT molecular complexity index is 299. The first-order valence-electron chi connectivity index (χ1n) is 6.65. The van der Waals surface area contributed by atoms with Crippen molar-refractivity contribution >= 4 is 11.6 Å². The molecule has 0 spiro atoms. The van der Waals surface area contributed by atoms with Gasteiger partial charge >= 0.3 is 0 Å². The Hall–Kier alpha value is -0.690. The van der Waals surface area contributed by atoms with E-state index in [-0.39, 0.29) is 0 Å². The Morgan fingerprint density at radius 3 is 2.47 bits per heavy atom. The zero-order valence-electron chi connectivity index (χ0n) is 10.8. The maximum atomic E-state index is 5.85. The van der Waals surface area contributed by atoms with Crippen molar-refractivity contribution in [2.45, 2.75) is 51.3 Å². The number of benzene rings is 1. The molecule has 0 atom stereocenters. The first-order chi connectivity index (χ1) is 8.38. The average molecular weight is 255 g/mol. The molecule has 0 N–H and O–H groups in total. The zero-order valence-corrected chi connectivity index (χ0v) is 11.5. The summed E-state index contributed by atoms with van der Waals surface area (Å²) in [5.74, 6) is 1.46. The summed E-state index contributed by atoms with van der Waals surface area (Å²) in [6, 6.07) is 8.00. The Balaban J connectivity index is 2.13. The molecule has 1 rings (SSSR count). The van der Waals surface area contributed by atoms with E-state index in [2.05, 4.69) is 6.92 Å². The maximum absolute atomic E-state index is 5.85. The number of unbranched alkanes of at least 4 members (excludes halogenated alkanes) is 5. The van der Waals surface area contributed by atoms with Gasteiger partial charge in [-0.15, -0.1) is 11.6 Å². The molecule has 0 heterocycles. The summed E-state index contributed by atoms with van der Waals surface area (Å²) in [6.45, 7) is 3.05. The highest BCUT2D eigenvalue weighted by Gasteiger charge is 2.00. The van der Waals surface area contributed by atoms with Crippen molar-refractivity contribution < 1.29 is 4.74 Å². The lowest BCUT2D eigenvalue weighted by atomic mass is 10.1. The van der Waals surface area contributed by atoms with Crippen LogP contribution < -0.4 is 4.74 Å². The van der Waals surface area contributed by atoms with Gasteiger partial charge in [-0.2, -0.15) is 0 Å². The second-order valence-electron chi connectivity index (χ2n) is 4.36. The van der Waals surface area contributed by atoms with Crippen LogP contribution in [0.1, 0.15) is 51.0 Å². The van der Waals surface area contributed by atoms with E-state index < -0.39 is 0 Å². The molecule has 0 fully saturated rings. The molecule has 1 aromatic rings. The SMILES string of the molecule is CCCCCCCCOc1ccccc1CCl. The number of alkyl halides is 1. The van der Waals surface area contributed by atoms with Crippen LogP contribution in [0.2, 0.25) is 0 Å². The standard InChI is InChI=1S/C15H23ClO/c1-2-3-4-5-6-9-12-17-15-11-8-7-10-14(15)13-16/h7-8,10-11H,2-6,9,12-13H2,1H3. The molecule has 0 bridgehead atoms. The first kappa shape index (κ1) is 14.4. The third-order valence-corrected chi connectivity index (χ3v) is 3.16. The molecule has 0 aliphatic heterocycles. The molecule has 0 radical (unpaired) electrons. The third-order valence-electron chi connectivity index (χ3n) is 2.87. The van der Waals surface area contributed by atoms with Gasteiger partial charge in [-0.1, -0.05) is 57.2 Å². The van der Waals surface area contributed by atoms with Crippen LogP contribution in [0.15, 0.2) is 24.3 Å². The molecule has 0 amide bonds. The van der Waals surface area contributed by atoms with Crippen molar-refractivity contribution in [3.05, 3.63) is 29.8 Å². The number of ether oxygens (including phenoxy) is 1. The van der Waals surface area contributed by atoms with Gasteiger partial charge in [-0.05, 0) is 12.5 Å². The summed E-state index contributed by atoms with van der Waals surface area (Å²) >= 11 is 5.85. The number of hydrogen-bond donors (Lipinski definition) is 0. The minimum atomic E-state index is 0.521. The summed E-state index contributed by atoms with van der Waals surface area (Å²) in [6.07, 6.45) is 7.75. The molecular weight excluding hydrogens is 232 g/mol. The fraction of sp³-hybridized carbons (Fsp3) is 0.600. The van der Waals surface area contributed by atoms with Crippen LogP contribution in [-0.4, -0.2) is 6.61 Å². The zero-order chi connectivity index (χ0) is 12.3. The van der Waals surface area contributed by atoms with Crippen LogP contribution in [-0.2, 0) is 5.88 Å². The van der Waals surface area contributed by atoms with E-state index in [4.69, 9.17) is 16.3 Å². The van der Waals surface area contributed by atoms with Gasteiger partial charge in [-0.25, -0.2) is 0 Å². The van der Waals surface area contributed by atoms with Gasteiger partial charge in [0.05, 0.1) is 12.5 Å². The summed E-state index contributed by atoms with van der Waals surface area (Å²) in [5, 5.41) is 0. The Morgan fingerprint density at radius 1 is 1.00 bits per heavy atom. The number of para-hydroxylation sites is 1. The third kappa shape index (κ3) is 5.97. The molecule has 0 aromatic heterocycles. The highest BCUT2D eigenvalue weighted by atomic mass is 35.5. The number of halogens is 1. The van der Waals surface area contributed by atoms with Crippen molar-refractivity contribution in [3.8, 4) is 5.75 Å². The predicted molar refractivity (Wildman–Crippen MR) is 74.9 cm³/mol. The summed E-state index contributed by atoms with van der Waals surface area (Å²) in [4.78, 5) is 0. The normalized spacial score (nSPS) is 10.5. The average Bonchev–Trinajstić information content (AvgIpc) is 2.38. The van der Waals surface area contributed by atoms with Crippen LogP contribution in [0.25, 0.3) is 0 Å². The second-order valence-corrected chi connectivity index (χ2v) is 4.62. The van der Waals surface area contributed by atoms with E-state index >= 15 is 0 Å². The van der Waals surface area contributed by atoms with Crippen molar-refractivity contribution in [2.24, 2.45) is 0 Å². The van der Waals surface area contributed by atoms with E-state index in [0.29, 0.717) is 5.88 Å². The minimum absolute atomic E-state index is 0.521. The quantitative estimate of drug-likeness (QED) is 0.437. The monoisotopic (exact) mass is 254 g/mol. The molecular formula is C15H23ClO. The summed E-state index contributed by atoms with van der Waals surface area (Å²) in [7, 11) is 0. The van der Waals surface area contributed by atoms with Gasteiger partial charge in [0.25, 0.3) is 0 Å². The topological polar surface area (TPSA) is 9.23 Å². The van der Waals surface area contributed by atoms with Gasteiger partial charge < -0.3 is 4.74 Å². The van der Waals surface area contributed by atoms with Crippen LogP contribution in [0.5, 0.6) is 5.75 Å². The highest BCUT2D eigenvalue weighted by Crippen LogP contribution is 2.20. The van der Waals surface area contributed by atoms with Crippen LogP contribution >= 0.6 is 11.6 Å². The van der Waals surface area contributed by atoms with Gasteiger partial charge in [0, 0.05) is 5.56 Å². The van der Waals surface area contributed by atoms with Crippen LogP contribution in [0.4, 0.5) is 0 Å². The molecule has 0 aliphatic rings. The highest BCUT2D eigenvalue weighted by molar-refractivity contribution is 6.17.